The van der Waals surface area contributed by atoms with Crippen molar-refractivity contribution >= 4 is 23.8 Å². The molecule has 4 saturated heterocycles. The Hall–Kier alpha value is -1.54. The quantitative estimate of drug-likeness (QED) is 0.242. The fraction of sp³-hybridized carbons (Fsp3) is 0.909. The largest absolute Gasteiger partial charge is 2.00 e. The second-order valence-corrected chi connectivity index (χ2v) is 24.5. The molecule has 8 rings (SSSR count). The van der Waals surface area contributed by atoms with Gasteiger partial charge < -0.3 is 60.8 Å². The van der Waals surface area contributed by atoms with E-state index in [1.54, 1.807) is 0 Å². The fourth-order valence-corrected chi connectivity index (χ4v) is 8.60. The summed E-state index contributed by atoms with van der Waals surface area (Å²) < 4.78 is 0. The topological polar surface area (TPSA) is 119 Å². The predicted octanol–water partition coefficient (Wildman–Crippen LogP) is 8.39. The summed E-state index contributed by atoms with van der Waals surface area (Å²) in [6.45, 7) is 52.5. The maximum absolute atomic E-state index is 4.55. The molecule has 0 aliphatic carbocycles. The average Bonchev–Trinajstić information content (AvgIpc) is 3.01. The van der Waals surface area contributed by atoms with Crippen molar-refractivity contribution in [2.24, 2.45) is 63.3 Å². The molecule has 12 nitrogen and oxygen atoms in total. The summed E-state index contributed by atoms with van der Waals surface area (Å²) >= 11 is 0. The molecule has 0 unspecified atom stereocenters. The van der Waals surface area contributed by atoms with E-state index in [0.29, 0.717) is 43.3 Å². The van der Waals surface area contributed by atoms with E-state index in [9.17, 15) is 0 Å². The SMILES string of the molecule is CC1(C)CN=C2[N-]CC(C)(C)CN2C1.CC1(C)CN=C2[N-]CC(C)(C)CN2C1.CC1(C)CN=C2[N-]CC(C)(C)CN2C1.CC1(C)CN=C2[N-]CC(C)(C)CN2C1.[W+2].[W+2]. The van der Waals surface area contributed by atoms with Crippen molar-refractivity contribution in [2.75, 3.05) is 105 Å². The van der Waals surface area contributed by atoms with Crippen LogP contribution in [0.4, 0.5) is 0 Å². The Kier molecular flexibility index (Phi) is 16.1. The minimum Gasteiger partial charge on any atom is -0.425 e. The first-order chi connectivity index (χ1) is 25.5. The van der Waals surface area contributed by atoms with Gasteiger partial charge in [-0.05, 0) is 148 Å². The summed E-state index contributed by atoms with van der Waals surface area (Å²) in [6.07, 6.45) is 0. The number of hydrogen-bond acceptors (Lipinski definition) is 8. The molecule has 0 radical (unpaired) electrons. The fourth-order valence-electron chi connectivity index (χ4n) is 8.60. The Morgan fingerprint density at radius 3 is 0.621 bits per heavy atom. The van der Waals surface area contributed by atoms with Crippen molar-refractivity contribution in [1.29, 1.82) is 0 Å². The van der Waals surface area contributed by atoms with Crippen LogP contribution in [-0.2, 0) is 42.1 Å². The number of aliphatic imine (C=N–C) groups is 4. The standard InChI is InChI=1S/4C11H20N3.2W/c4*1-10(2)5-12-9-13-6-11(3,4)8-14(9)7-10;;/h4*5-8H2,1-4H3;;/q4*-1;2*+2. The molecule has 8 aliphatic heterocycles. The van der Waals surface area contributed by atoms with Crippen molar-refractivity contribution in [1.82, 2.24) is 19.6 Å². The molecule has 8 heterocycles. The van der Waals surface area contributed by atoms with Crippen molar-refractivity contribution < 1.29 is 42.1 Å². The molecule has 58 heavy (non-hydrogen) atoms. The molecule has 0 aromatic carbocycles. The van der Waals surface area contributed by atoms with Crippen LogP contribution in [0, 0.1) is 43.3 Å². The van der Waals surface area contributed by atoms with Gasteiger partial charge in [0, 0.05) is 23.8 Å². The second-order valence-electron chi connectivity index (χ2n) is 24.5. The predicted molar refractivity (Wildman–Crippen MR) is 239 cm³/mol. The molecule has 0 aromatic rings. The molecule has 328 valence electrons. The Bertz CT molecular complexity index is 1300. The van der Waals surface area contributed by atoms with Crippen LogP contribution in [0.15, 0.2) is 20.0 Å². The van der Waals surface area contributed by atoms with Crippen LogP contribution in [0.5, 0.6) is 0 Å². The Morgan fingerprint density at radius 2 is 0.448 bits per heavy atom. The molecule has 0 N–H and O–H groups in total. The number of fused-ring (bicyclic) bond motifs is 4. The zero-order valence-corrected chi connectivity index (χ0v) is 45.4. The minimum atomic E-state index is 0. The molecule has 0 atom stereocenters. The second kappa shape index (κ2) is 18.4. The average molecular weight is 1140 g/mol. The van der Waals surface area contributed by atoms with Gasteiger partial charge in [0.25, 0.3) is 0 Å². The molecule has 0 aromatic heterocycles. The van der Waals surface area contributed by atoms with Gasteiger partial charge in [-0.1, -0.05) is 111 Å². The van der Waals surface area contributed by atoms with Crippen LogP contribution < -0.4 is 0 Å². The Labute approximate surface area is 383 Å². The van der Waals surface area contributed by atoms with E-state index in [2.05, 4.69) is 172 Å². The normalized spacial score (nSPS) is 27.9. The molecule has 0 saturated carbocycles. The van der Waals surface area contributed by atoms with E-state index in [-0.39, 0.29) is 42.1 Å². The molecule has 0 amide bonds. The number of hydrogen-bond donors (Lipinski definition) is 0. The van der Waals surface area contributed by atoms with Gasteiger partial charge in [0.15, 0.2) is 0 Å². The van der Waals surface area contributed by atoms with Gasteiger partial charge in [0.05, 0.1) is 0 Å². The van der Waals surface area contributed by atoms with Gasteiger partial charge in [-0.3, -0.25) is 0 Å². The zero-order chi connectivity index (χ0) is 41.6. The van der Waals surface area contributed by atoms with Gasteiger partial charge in [0.2, 0.25) is 0 Å². The van der Waals surface area contributed by atoms with E-state index < -0.39 is 0 Å². The molecule has 0 spiro atoms. The Balaban J connectivity index is 0.000000205. The molecule has 0 bridgehead atoms. The van der Waals surface area contributed by atoms with E-state index in [4.69, 9.17) is 0 Å². The van der Waals surface area contributed by atoms with Crippen LogP contribution >= 0.6 is 0 Å². The third-order valence-corrected chi connectivity index (χ3v) is 11.3. The maximum atomic E-state index is 4.55. The van der Waals surface area contributed by atoms with E-state index in [1.165, 1.54) is 0 Å². The van der Waals surface area contributed by atoms with Gasteiger partial charge in [-0.25, -0.2) is 0 Å². The van der Waals surface area contributed by atoms with Crippen molar-refractivity contribution in [3.8, 4) is 0 Å². The first-order valence-electron chi connectivity index (χ1n) is 21.4. The van der Waals surface area contributed by atoms with Crippen LogP contribution in [0.1, 0.15) is 111 Å². The van der Waals surface area contributed by atoms with Crippen molar-refractivity contribution in [3.63, 3.8) is 0 Å². The Morgan fingerprint density at radius 1 is 0.293 bits per heavy atom. The summed E-state index contributed by atoms with van der Waals surface area (Å²) in [6, 6.07) is 0. The third-order valence-electron chi connectivity index (χ3n) is 11.3. The van der Waals surface area contributed by atoms with Crippen LogP contribution in [0.25, 0.3) is 21.3 Å². The van der Waals surface area contributed by atoms with Crippen molar-refractivity contribution in [2.45, 2.75) is 111 Å². The summed E-state index contributed by atoms with van der Waals surface area (Å²) in [5.41, 5.74) is 2.50. The van der Waals surface area contributed by atoms with E-state index >= 15 is 0 Å². The zero-order valence-electron chi connectivity index (χ0n) is 39.5. The van der Waals surface area contributed by atoms with Gasteiger partial charge in [-0.2, -0.15) is 0 Å². The summed E-state index contributed by atoms with van der Waals surface area (Å²) in [4.78, 5) is 27.5. The first kappa shape index (κ1) is 50.8. The van der Waals surface area contributed by atoms with Crippen LogP contribution in [0.3, 0.4) is 0 Å². The summed E-state index contributed by atoms with van der Waals surface area (Å²) in [7, 11) is 0. The minimum absolute atomic E-state index is 0. The maximum Gasteiger partial charge on any atom is 2.00 e. The van der Waals surface area contributed by atoms with Crippen LogP contribution in [-0.4, -0.2) is 148 Å². The van der Waals surface area contributed by atoms with Crippen molar-refractivity contribution in [3.05, 3.63) is 21.3 Å². The smallest absolute Gasteiger partial charge is 0.425 e. The number of rotatable bonds is 0. The van der Waals surface area contributed by atoms with Gasteiger partial charge >= 0.3 is 42.1 Å². The monoisotopic (exact) mass is 1140 g/mol. The summed E-state index contributed by atoms with van der Waals surface area (Å²) in [5, 5.41) is 18.2. The van der Waals surface area contributed by atoms with E-state index in [1.807, 2.05) is 0 Å². The molecular weight excluding hydrogens is 1060 g/mol. The first-order valence-corrected chi connectivity index (χ1v) is 21.4. The molecule has 14 heteroatoms. The van der Waals surface area contributed by atoms with E-state index in [0.717, 1.165) is 129 Å². The van der Waals surface area contributed by atoms with Gasteiger partial charge in [0.1, 0.15) is 0 Å². The van der Waals surface area contributed by atoms with Crippen LogP contribution in [0.2, 0.25) is 0 Å². The van der Waals surface area contributed by atoms with Gasteiger partial charge in [-0.15, -0.1) is 0 Å². The number of nitrogens with zero attached hydrogens (tertiary/aromatic N) is 12. The molecule has 8 aliphatic rings. The molecular formula is C44H80N12W2. The summed E-state index contributed by atoms with van der Waals surface area (Å²) in [5.74, 6) is 3.96. The third kappa shape index (κ3) is 14.8. The number of guanidine groups is 4. The molecule has 4 fully saturated rings.